The highest BCUT2D eigenvalue weighted by molar-refractivity contribution is 5.86. The molecule has 1 aliphatic rings. The Labute approximate surface area is 122 Å². The Morgan fingerprint density at radius 2 is 1.95 bits per heavy atom. The molecule has 0 fully saturated rings. The molecular formula is C13H11F3N4O2. The van der Waals surface area contributed by atoms with Crippen LogP contribution in [0.15, 0.2) is 40.0 Å². The molecule has 9 heteroatoms. The summed E-state index contributed by atoms with van der Waals surface area (Å²) in [5, 5.41) is 17.6. The second-order valence-electron chi connectivity index (χ2n) is 4.90. The lowest BCUT2D eigenvalue weighted by Crippen LogP contribution is -2.55. The Morgan fingerprint density at radius 3 is 2.59 bits per heavy atom. The van der Waals surface area contributed by atoms with Gasteiger partial charge in [0.15, 0.2) is 0 Å². The first kappa shape index (κ1) is 14.5. The molecule has 6 nitrogen and oxygen atoms in total. The lowest BCUT2D eigenvalue weighted by Gasteiger charge is -2.31. The summed E-state index contributed by atoms with van der Waals surface area (Å²) in [7, 11) is 0. The highest BCUT2D eigenvalue weighted by atomic mass is 19.4. The van der Waals surface area contributed by atoms with E-state index in [9.17, 15) is 18.3 Å². The molecule has 3 rings (SSSR count). The summed E-state index contributed by atoms with van der Waals surface area (Å²) in [6, 6.07) is 8.09. The van der Waals surface area contributed by atoms with Crippen molar-refractivity contribution in [2.45, 2.75) is 25.2 Å². The number of rotatable bonds is 2. The number of hydrogen-bond donors (Lipinski definition) is 1. The molecule has 1 atom stereocenters. The van der Waals surface area contributed by atoms with E-state index in [1.807, 2.05) is 0 Å². The zero-order valence-corrected chi connectivity index (χ0v) is 11.4. The van der Waals surface area contributed by atoms with Crippen molar-refractivity contribution in [2.75, 3.05) is 5.01 Å². The molecular weight excluding hydrogens is 301 g/mol. The third-order valence-corrected chi connectivity index (χ3v) is 3.21. The van der Waals surface area contributed by atoms with Crippen LogP contribution in [0, 0.1) is 0 Å². The predicted octanol–water partition coefficient (Wildman–Crippen LogP) is 2.57. The number of alkyl halides is 3. The highest BCUT2D eigenvalue weighted by Crippen LogP contribution is 2.42. The van der Waals surface area contributed by atoms with Gasteiger partial charge in [-0.15, -0.1) is 0 Å². The summed E-state index contributed by atoms with van der Waals surface area (Å²) in [4.78, 5) is 3.89. The van der Waals surface area contributed by atoms with Crippen molar-refractivity contribution in [1.82, 2.24) is 10.1 Å². The maximum absolute atomic E-state index is 13.1. The van der Waals surface area contributed by atoms with Crippen LogP contribution in [-0.4, -0.2) is 32.9 Å². The Morgan fingerprint density at radius 1 is 1.27 bits per heavy atom. The predicted molar refractivity (Wildman–Crippen MR) is 70.9 cm³/mol. The Bertz CT molecular complexity index is 714. The zero-order chi connectivity index (χ0) is 16.0. The van der Waals surface area contributed by atoms with Crippen molar-refractivity contribution in [3.05, 3.63) is 30.3 Å². The van der Waals surface area contributed by atoms with Crippen LogP contribution in [0.25, 0.3) is 11.4 Å². The van der Waals surface area contributed by atoms with Gasteiger partial charge in [0, 0.05) is 17.7 Å². The average Bonchev–Trinajstić information content (AvgIpc) is 3.04. The van der Waals surface area contributed by atoms with Gasteiger partial charge in [0.2, 0.25) is 5.82 Å². The number of aliphatic hydroxyl groups is 1. The fourth-order valence-electron chi connectivity index (χ4n) is 2.15. The largest absolute Gasteiger partial charge is 0.438 e. The van der Waals surface area contributed by atoms with Gasteiger partial charge in [-0.3, -0.25) is 0 Å². The molecule has 0 aliphatic carbocycles. The number of anilines is 1. The minimum Gasteiger partial charge on any atom is -0.362 e. The van der Waals surface area contributed by atoms with Gasteiger partial charge in [-0.25, -0.2) is 0 Å². The lowest BCUT2D eigenvalue weighted by atomic mass is 10.1. The molecule has 0 saturated heterocycles. The fourth-order valence-corrected chi connectivity index (χ4v) is 2.15. The molecule has 1 N–H and O–H groups in total. The number of hydrogen-bond acceptors (Lipinski definition) is 6. The van der Waals surface area contributed by atoms with E-state index in [-0.39, 0.29) is 11.5 Å². The van der Waals surface area contributed by atoms with E-state index in [1.165, 1.54) is 6.92 Å². The number of nitrogens with zero attached hydrogens (tertiary/aromatic N) is 4. The molecule has 116 valence electrons. The molecule has 0 amide bonds. The average molecular weight is 312 g/mol. The lowest BCUT2D eigenvalue weighted by molar-refractivity contribution is -0.255. The number of aromatic nitrogens is 2. The molecule has 0 spiro atoms. The smallest absolute Gasteiger partial charge is 0.362 e. The van der Waals surface area contributed by atoms with Crippen molar-refractivity contribution in [3.63, 3.8) is 0 Å². The third kappa shape index (κ3) is 2.23. The topological polar surface area (TPSA) is 74.8 Å². The van der Waals surface area contributed by atoms with E-state index in [0.717, 1.165) is 0 Å². The zero-order valence-electron chi connectivity index (χ0n) is 11.4. The summed E-state index contributed by atoms with van der Waals surface area (Å²) in [5.74, 6) is 0.111. The number of halogens is 3. The third-order valence-electron chi connectivity index (χ3n) is 3.21. The van der Waals surface area contributed by atoms with Crippen LogP contribution in [0.4, 0.5) is 19.2 Å². The maximum Gasteiger partial charge on any atom is 0.438 e. The van der Waals surface area contributed by atoms with E-state index >= 15 is 0 Å². The second kappa shape index (κ2) is 4.80. The van der Waals surface area contributed by atoms with Gasteiger partial charge in [0.05, 0.1) is 0 Å². The summed E-state index contributed by atoms with van der Waals surface area (Å²) >= 11 is 0. The first-order valence-electron chi connectivity index (χ1n) is 6.34. The molecule has 0 unspecified atom stereocenters. The van der Waals surface area contributed by atoms with Gasteiger partial charge in [0.25, 0.3) is 5.72 Å². The molecule has 1 aliphatic heterocycles. The van der Waals surface area contributed by atoms with E-state index in [1.54, 1.807) is 30.3 Å². The van der Waals surface area contributed by atoms with Crippen LogP contribution in [0.3, 0.4) is 0 Å². The van der Waals surface area contributed by atoms with Gasteiger partial charge in [-0.05, 0) is 6.92 Å². The Hall–Kier alpha value is -2.42. The van der Waals surface area contributed by atoms with Gasteiger partial charge in [-0.2, -0.15) is 28.3 Å². The van der Waals surface area contributed by atoms with E-state index in [4.69, 9.17) is 4.52 Å². The first-order valence-corrected chi connectivity index (χ1v) is 6.34. The number of benzene rings is 1. The summed E-state index contributed by atoms with van der Waals surface area (Å²) in [6.45, 7) is 1.38. The minimum atomic E-state index is -4.92. The molecule has 1 aromatic carbocycles. The quantitative estimate of drug-likeness (QED) is 0.922. The summed E-state index contributed by atoms with van der Waals surface area (Å²) < 4.78 is 44.2. The molecule has 2 aromatic rings. The van der Waals surface area contributed by atoms with Gasteiger partial charge in [0.1, 0.15) is 0 Å². The van der Waals surface area contributed by atoms with Crippen molar-refractivity contribution in [3.8, 4) is 11.4 Å². The molecule has 0 saturated carbocycles. The second-order valence-corrected chi connectivity index (χ2v) is 4.90. The van der Waals surface area contributed by atoms with Gasteiger partial charge >= 0.3 is 12.2 Å². The SMILES string of the molecule is CC1=NN(c2nc(-c3ccccc3)no2)[C@@](O)(C(F)(F)F)C1. The highest BCUT2D eigenvalue weighted by Gasteiger charge is 2.62. The number of hydrazone groups is 1. The van der Waals surface area contributed by atoms with Crippen LogP contribution in [0.5, 0.6) is 0 Å². The van der Waals surface area contributed by atoms with Crippen molar-refractivity contribution in [1.29, 1.82) is 0 Å². The van der Waals surface area contributed by atoms with Crippen LogP contribution < -0.4 is 5.01 Å². The maximum atomic E-state index is 13.1. The summed E-state index contributed by atoms with van der Waals surface area (Å²) in [5.41, 5.74) is -2.50. The molecule has 22 heavy (non-hydrogen) atoms. The van der Waals surface area contributed by atoms with Crippen LogP contribution in [0.1, 0.15) is 13.3 Å². The van der Waals surface area contributed by atoms with E-state index in [2.05, 4.69) is 15.2 Å². The molecule has 2 heterocycles. The molecule has 0 bridgehead atoms. The van der Waals surface area contributed by atoms with Gasteiger partial charge in [-0.1, -0.05) is 35.5 Å². The van der Waals surface area contributed by atoms with Crippen molar-refractivity contribution < 1.29 is 22.8 Å². The standard InChI is InChI=1S/C13H11F3N4O2/c1-8-7-12(21,13(14,15)16)20(18-8)11-17-10(19-22-11)9-5-3-2-4-6-9/h2-6,21H,7H2,1H3/t12-/m0/s1. The fraction of sp³-hybridized carbons (Fsp3) is 0.308. The summed E-state index contributed by atoms with van der Waals surface area (Å²) in [6.07, 6.45) is -5.60. The van der Waals surface area contributed by atoms with E-state index in [0.29, 0.717) is 10.6 Å². The van der Waals surface area contributed by atoms with E-state index < -0.39 is 24.3 Å². The minimum absolute atomic E-state index is 0.110. The molecule has 0 radical (unpaired) electrons. The van der Waals surface area contributed by atoms with Crippen molar-refractivity contribution in [2.24, 2.45) is 5.10 Å². The first-order chi connectivity index (χ1) is 10.3. The Kier molecular flexibility index (Phi) is 3.17. The molecule has 1 aromatic heterocycles. The van der Waals surface area contributed by atoms with Gasteiger partial charge < -0.3 is 9.63 Å². The van der Waals surface area contributed by atoms with Crippen molar-refractivity contribution >= 4 is 11.7 Å². The Balaban J connectivity index is 1.99. The monoisotopic (exact) mass is 312 g/mol. The van der Waals surface area contributed by atoms with Crippen LogP contribution in [0.2, 0.25) is 0 Å². The van der Waals surface area contributed by atoms with Crippen LogP contribution >= 0.6 is 0 Å². The van der Waals surface area contributed by atoms with Crippen LogP contribution in [-0.2, 0) is 0 Å². The normalized spacial score (nSPS) is 22.0.